The van der Waals surface area contributed by atoms with Gasteiger partial charge in [0.1, 0.15) is 0 Å². The van der Waals surface area contributed by atoms with Crippen molar-refractivity contribution in [2.75, 3.05) is 17.2 Å². The first-order chi connectivity index (χ1) is 6.15. The van der Waals surface area contributed by atoms with Crippen molar-refractivity contribution in [3.05, 3.63) is 17.2 Å². The van der Waals surface area contributed by atoms with E-state index >= 15 is 0 Å². The number of nitrogen functional groups attached to an aromatic ring is 2. The average molecular weight is 217 g/mol. The van der Waals surface area contributed by atoms with Crippen LogP contribution < -0.4 is 11.5 Å². The minimum absolute atomic E-state index is 0.547. The summed E-state index contributed by atoms with van der Waals surface area (Å²) >= 11 is 7.68. The van der Waals surface area contributed by atoms with Crippen molar-refractivity contribution < 1.29 is 0 Å². The topological polar surface area (TPSA) is 52.0 Å². The molecule has 0 radical (unpaired) electrons. The average Bonchev–Trinajstić information content (AvgIpc) is 2.09. The first kappa shape index (κ1) is 10.5. The van der Waals surface area contributed by atoms with Crippen LogP contribution in [0.25, 0.3) is 0 Å². The van der Waals surface area contributed by atoms with Crippen LogP contribution in [0.1, 0.15) is 13.3 Å². The number of nitrogens with two attached hydrogens (primary N) is 2. The van der Waals surface area contributed by atoms with Crippen LogP contribution in [0.5, 0.6) is 0 Å². The highest BCUT2D eigenvalue weighted by molar-refractivity contribution is 7.99. The summed E-state index contributed by atoms with van der Waals surface area (Å²) in [6, 6.07) is 3.53. The van der Waals surface area contributed by atoms with Gasteiger partial charge in [0.15, 0.2) is 0 Å². The van der Waals surface area contributed by atoms with E-state index in [1.165, 1.54) is 0 Å². The number of benzene rings is 1. The summed E-state index contributed by atoms with van der Waals surface area (Å²) in [6.07, 6.45) is 1.12. The SMILES string of the molecule is CCCSc1cc(N)c(N)cc1Cl. The first-order valence-electron chi connectivity index (χ1n) is 4.12. The van der Waals surface area contributed by atoms with E-state index in [2.05, 4.69) is 6.92 Å². The monoisotopic (exact) mass is 216 g/mol. The van der Waals surface area contributed by atoms with Crippen molar-refractivity contribution in [2.45, 2.75) is 18.2 Å². The molecule has 0 saturated carbocycles. The third-order valence-electron chi connectivity index (χ3n) is 1.60. The van der Waals surface area contributed by atoms with Crippen molar-refractivity contribution in [1.29, 1.82) is 0 Å². The van der Waals surface area contributed by atoms with E-state index < -0.39 is 0 Å². The van der Waals surface area contributed by atoms with Gasteiger partial charge in [-0.2, -0.15) is 0 Å². The lowest BCUT2D eigenvalue weighted by Gasteiger charge is -2.06. The Labute approximate surface area is 87.6 Å². The number of rotatable bonds is 3. The number of hydrogen-bond donors (Lipinski definition) is 2. The smallest absolute Gasteiger partial charge is 0.0563 e. The van der Waals surface area contributed by atoms with Crippen LogP contribution in [0.3, 0.4) is 0 Å². The van der Waals surface area contributed by atoms with Crippen LogP contribution in [0.15, 0.2) is 17.0 Å². The second-order valence-corrected chi connectivity index (χ2v) is 4.30. The molecule has 0 aliphatic carbocycles. The Kier molecular flexibility index (Phi) is 3.75. The van der Waals surface area contributed by atoms with E-state index in [9.17, 15) is 0 Å². The predicted octanol–water partition coefficient (Wildman–Crippen LogP) is 3.01. The van der Waals surface area contributed by atoms with E-state index in [0.717, 1.165) is 17.1 Å². The molecular weight excluding hydrogens is 204 g/mol. The molecule has 0 heterocycles. The Balaban J connectivity index is 2.88. The van der Waals surface area contributed by atoms with Gasteiger partial charge in [0.2, 0.25) is 0 Å². The van der Waals surface area contributed by atoms with Crippen molar-refractivity contribution in [1.82, 2.24) is 0 Å². The van der Waals surface area contributed by atoms with E-state index in [-0.39, 0.29) is 0 Å². The first-order valence-corrected chi connectivity index (χ1v) is 5.48. The molecule has 0 aromatic heterocycles. The highest BCUT2D eigenvalue weighted by Crippen LogP contribution is 2.32. The number of hydrogen-bond acceptors (Lipinski definition) is 3. The Bertz CT molecular complexity index is 302. The molecule has 72 valence electrons. The molecule has 13 heavy (non-hydrogen) atoms. The van der Waals surface area contributed by atoms with Crippen LogP contribution >= 0.6 is 23.4 Å². The summed E-state index contributed by atoms with van der Waals surface area (Å²) in [5, 5.41) is 0.685. The van der Waals surface area contributed by atoms with Gasteiger partial charge in [0, 0.05) is 4.90 Å². The quantitative estimate of drug-likeness (QED) is 0.603. The molecule has 0 fully saturated rings. The van der Waals surface area contributed by atoms with Gasteiger partial charge in [-0.25, -0.2) is 0 Å². The largest absolute Gasteiger partial charge is 0.397 e. The van der Waals surface area contributed by atoms with E-state index in [1.807, 2.05) is 6.07 Å². The molecule has 1 rings (SSSR count). The second-order valence-electron chi connectivity index (χ2n) is 2.76. The maximum atomic E-state index is 5.98. The zero-order valence-electron chi connectivity index (χ0n) is 7.51. The maximum Gasteiger partial charge on any atom is 0.0563 e. The lowest BCUT2D eigenvalue weighted by molar-refractivity contribution is 1.10. The molecule has 0 unspecified atom stereocenters. The van der Waals surface area contributed by atoms with E-state index in [0.29, 0.717) is 16.4 Å². The maximum absolute atomic E-state index is 5.98. The molecule has 0 aliphatic rings. The summed E-state index contributed by atoms with van der Waals surface area (Å²) in [6.45, 7) is 2.13. The zero-order chi connectivity index (χ0) is 9.84. The molecule has 2 nitrogen and oxygen atoms in total. The minimum atomic E-state index is 0.547. The van der Waals surface area contributed by atoms with Gasteiger partial charge in [-0.3, -0.25) is 0 Å². The summed E-state index contributed by atoms with van der Waals surface area (Å²) in [5.41, 5.74) is 12.4. The predicted molar refractivity (Wildman–Crippen MR) is 61.3 cm³/mol. The fourth-order valence-corrected chi connectivity index (χ4v) is 2.07. The van der Waals surface area contributed by atoms with E-state index in [1.54, 1.807) is 17.8 Å². The lowest BCUT2D eigenvalue weighted by atomic mass is 10.3. The van der Waals surface area contributed by atoms with Gasteiger partial charge in [0.05, 0.1) is 16.4 Å². The molecule has 0 atom stereocenters. The second kappa shape index (κ2) is 4.63. The summed E-state index contributed by atoms with van der Waals surface area (Å²) in [7, 11) is 0. The third-order valence-corrected chi connectivity index (χ3v) is 3.29. The normalized spacial score (nSPS) is 10.3. The molecule has 1 aromatic carbocycles. The number of halogens is 1. The standard InChI is InChI=1S/C9H13ClN2S/c1-2-3-13-9-5-8(12)7(11)4-6(9)10/h4-5H,2-3,11-12H2,1H3. The third kappa shape index (κ3) is 2.71. The molecule has 4 heteroatoms. The zero-order valence-corrected chi connectivity index (χ0v) is 9.08. The van der Waals surface area contributed by atoms with Crippen molar-refractivity contribution in [3.8, 4) is 0 Å². The van der Waals surface area contributed by atoms with Crippen LogP contribution in [-0.2, 0) is 0 Å². The number of thioether (sulfide) groups is 1. The molecule has 0 amide bonds. The van der Waals surface area contributed by atoms with Crippen molar-refractivity contribution in [2.24, 2.45) is 0 Å². The summed E-state index contributed by atoms with van der Waals surface area (Å²) in [5.74, 6) is 1.04. The Morgan fingerprint density at radius 3 is 2.54 bits per heavy atom. The van der Waals surface area contributed by atoms with Gasteiger partial charge >= 0.3 is 0 Å². The lowest BCUT2D eigenvalue weighted by Crippen LogP contribution is -1.95. The van der Waals surface area contributed by atoms with Crippen LogP contribution in [-0.4, -0.2) is 5.75 Å². The van der Waals surface area contributed by atoms with E-state index in [4.69, 9.17) is 23.1 Å². The van der Waals surface area contributed by atoms with Gasteiger partial charge in [0.25, 0.3) is 0 Å². The Morgan fingerprint density at radius 1 is 1.31 bits per heavy atom. The molecule has 0 aliphatic heterocycles. The summed E-state index contributed by atoms with van der Waals surface area (Å²) in [4.78, 5) is 1.01. The molecule has 0 saturated heterocycles. The molecule has 0 bridgehead atoms. The Morgan fingerprint density at radius 2 is 1.92 bits per heavy atom. The summed E-state index contributed by atoms with van der Waals surface area (Å²) < 4.78 is 0. The molecular formula is C9H13ClN2S. The van der Waals surface area contributed by atoms with Gasteiger partial charge in [-0.1, -0.05) is 18.5 Å². The van der Waals surface area contributed by atoms with Crippen LogP contribution in [0.2, 0.25) is 5.02 Å². The van der Waals surface area contributed by atoms with Crippen LogP contribution in [0.4, 0.5) is 11.4 Å². The highest BCUT2D eigenvalue weighted by atomic mass is 35.5. The molecule has 0 spiro atoms. The van der Waals surface area contributed by atoms with Gasteiger partial charge in [-0.15, -0.1) is 11.8 Å². The van der Waals surface area contributed by atoms with Crippen molar-refractivity contribution in [3.63, 3.8) is 0 Å². The van der Waals surface area contributed by atoms with Gasteiger partial charge in [-0.05, 0) is 24.3 Å². The highest BCUT2D eigenvalue weighted by Gasteiger charge is 2.04. The number of anilines is 2. The van der Waals surface area contributed by atoms with Crippen molar-refractivity contribution >= 4 is 34.7 Å². The fourth-order valence-electron chi connectivity index (χ4n) is 0.907. The molecule has 1 aromatic rings. The fraction of sp³-hybridized carbons (Fsp3) is 0.333. The van der Waals surface area contributed by atoms with Gasteiger partial charge < -0.3 is 11.5 Å². The molecule has 4 N–H and O–H groups in total. The minimum Gasteiger partial charge on any atom is -0.397 e. The Hall–Kier alpha value is -0.540. The van der Waals surface area contributed by atoms with Crippen LogP contribution in [0, 0.1) is 0 Å².